The molecule has 6 nitrogen and oxygen atoms in total. The minimum absolute atomic E-state index is 0. The van der Waals surface area contributed by atoms with Crippen LogP contribution >= 0.6 is 12.4 Å². The van der Waals surface area contributed by atoms with Crippen LogP contribution in [0, 0.1) is 5.82 Å². The van der Waals surface area contributed by atoms with Gasteiger partial charge in [-0.05, 0) is 61.8 Å². The number of amides is 1. The molecule has 164 valence electrons. The maximum Gasteiger partial charge on any atom is 0.255 e. The van der Waals surface area contributed by atoms with Gasteiger partial charge in [-0.25, -0.2) is 9.07 Å². The molecule has 2 N–H and O–H groups in total. The van der Waals surface area contributed by atoms with E-state index in [2.05, 4.69) is 15.7 Å². The lowest BCUT2D eigenvalue weighted by molar-refractivity contribution is 0.0949. The number of methoxy groups -OCH3 is 1. The maximum absolute atomic E-state index is 13.8. The zero-order valence-corrected chi connectivity index (χ0v) is 18.1. The molecule has 0 atom stereocenters. The SMILES string of the molecule is COc1cccc(CNC(=O)c2cnn(-c3cccc(F)c3)c2C2CCNCC2)c1.Cl. The molecule has 3 aromatic rings. The van der Waals surface area contributed by atoms with Gasteiger partial charge in [0.05, 0.1) is 30.3 Å². The van der Waals surface area contributed by atoms with Crippen molar-refractivity contribution < 1.29 is 13.9 Å². The van der Waals surface area contributed by atoms with E-state index in [1.807, 2.05) is 24.3 Å². The van der Waals surface area contributed by atoms with Crippen molar-refractivity contribution in [1.82, 2.24) is 20.4 Å². The molecule has 0 radical (unpaired) electrons. The third kappa shape index (κ3) is 5.24. The van der Waals surface area contributed by atoms with E-state index < -0.39 is 0 Å². The monoisotopic (exact) mass is 444 g/mol. The molecule has 0 spiro atoms. The normalized spacial score (nSPS) is 14.0. The van der Waals surface area contributed by atoms with Crippen molar-refractivity contribution in [3.05, 3.63) is 77.4 Å². The summed E-state index contributed by atoms with van der Waals surface area (Å²) < 4.78 is 20.8. The van der Waals surface area contributed by atoms with Gasteiger partial charge in [0.2, 0.25) is 0 Å². The number of rotatable bonds is 6. The van der Waals surface area contributed by atoms with E-state index in [0.29, 0.717) is 17.8 Å². The van der Waals surface area contributed by atoms with Gasteiger partial charge in [-0.15, -0.1) is 12.4 Å². The highest BCUT2D eigenvalue weighted by molar-refractivity contribution is 5.95. The lowest BCUT2D eigenvalue weighted by Gasteiger charge is -2.24. The average Bonchev–Trinajstić information content (AvgIpc) is 3.23. The van der Waals surface area contributed by atoms with Gasteiger partial charge in [-0.1, -0.05) is 18.2 Å². The van der Waals surface area contributed by atoms with Crippen molar-refractivity contribution in [3.63, 3.8) is 0 Å². The van der Waals surface area contributed by atoms with Crippen LogP contribution in [-0.2, 0) is 6.54 Å². The molecule has 2 heterocycles. The van der Waals surface area contributed by atoms with Crippen LogP contribution in [0.5, 0.6) is 5.75 Å². The highest BCUT2D eigenvalue weighted by Gasteiger charge is 2.27. The Labute approximate surface area is 187 Å². The highest BCUT2D eigenvalue weighted by atomic mass is 35.5. The van der Waals surface area contributed by atoms with Crippen LogP contribution in [0.1, 0.15) is 40.4 Å². The predicted octanol–water partition coefficient (Wildman–Crippen LogP) is 3.84. The smallest absolute Gasteiger partial charge is 0.255 e. The van der Waals surface area contributed by atoms with Crippen molar-refractivity contribution in [1.29, 1.82) is 0 Å². The molecule has 1 aliphatic heterocycles. The number of halogens is 2. The van der Waals surface area contributed by atoms with Gasteiger partial charge in [-0.2, -0.15) is 5.10 Å². The number of piperidine rings is 1. The van der Waals surface area contributed by atoms with Crippen molar-refractivity contribution in [2.24, 2.45) is 0 Å². The topological polar surface area (TPSA) is 68.2 Å². The number of hydrogen-bond acceptors (Lipinski definition) is 4. The van der Waals surface area contributed by atoms with E-state index in [1.165, 1.54) is 12.1 Å². The fourth-order valence-corrected chi connectivity index (χ4v) is 3.89. The second kappa shape index (κ2) is 10.4. The van der Waals surface area contributed by atoms with Crippen LogP contribution < -0.4 is 15.4 Å². The first-order valence-electron chi connectivity index (χ1n) is 10.1. The number of carbonyl (C=O) groups is 1. The molecule has 1 saturated heterocycles. The second-order valence-electron chi connectivity index (χ2n) is 7.39. The Balaban J connectivity index is 0.00000272. The predicted molar refractivity (Wildman–Crippen MR) is 120 cm³/mol. The van der Waals surface area contributed by atoms with Crippen LogP contribution in [0.4, 0.5) is 4.39 Å². The summed E-state index contributed by atoms with van der Waals surface area (Å²) in [6, 6.07) is 13.9. The van der Waals surface area contributed by atoms with Crippen molar-refractivity contribution in [3.8, 4) is 11.4 Å². The van der Waals surface area contributed by atoms with Crippen LogP contribution in [0.3, 0.4) is 0 Å². The quantitative estimate of drug-likeness (QED) is 0.606. The zero-order valence-electron chi connectivity index (χ0n) is 17.3. The Hall–Kier alpha value is -2.90. The molecule has 2 aromatic carbocycles. The Morgan fingerprint density at radius 1 is 1.23 bits per heavy atom. The van der Waals surface area contributed by atoms with Gasteiger partial charge in [-0.3, -0.25) is 4.79 Å². The molecule has 31 heavy (non-hydrogen) atoms. The van der Waals surface area contributed by atoms with Gasteiger partial charge in [0.1, 0.15) is 11.6 Å². The summed E-state index contributed by atoms with van der Waals surface area (Å²) >= 11 is 0. The zero-order chi connectivity index (χ0) is 20.9. The van der Waals surface area contributed by atoms with Crippen LogP contribution in [0.15, 0.2) is 54.7 Å². The fraction of sp³-hybridized carbons (Fsp3) is 0.304. The minimum Gasteiger partial charge on any atom is -0.497 e. The maximum atomic E-state index is 13.8. The second-order valence-corrected chi connectivity index (χ2v) is 7.39. The molecule has 1 fully saturated rings. The minimum atomic E-state index is -0.330. The highest BCUT2D eigenvalue weighted by Crippen LogP contribution is 2.30. The van der Waals surface area contributed by atoms with Gasteiger partial charge >= 0.3 is 0 Å². The number of ether oxygens (including phenoxy) is 1. The number of hydrogen-bond donors (Lipinski definition) is 2. The van der Waals surface area contributed by atoms with Crippen LogP contribution in [0.2, 0.25) is 0 Å². The Morgan fingerprint density at radius 2 is 2.00 bits per heavy atom. The number of benzene rings is 2. The van der Waals surface area contributed by atoms with E-state index in [-0.39, 0.29) is 30.0 Å². The molecule has 0 bridgehead atoms. The Kier molecular flexibility index (Phi) is 7.65. The number of nitrogens with zero attached hydrogens (tertiary/aromatic N) is 2. The average molecular weight is 445 g/mol. The van der Waals surface area contributed by atoms with E-state index in [1.54, 1.807) is 30.1 Å². The van der Waals surface area contributed by atoms with E-state index in [9.17, 15) is 9.18 Å². The summed E-state index contributed by atoms with van der Waals surface area (Å²) in [5, 5.41) is 10.8. The molecule has 1 aromatic heterocycles. The lowest BCUT2D eigenvalue weighted by Crippen LogP contribution is -2.30. The largest absolute Gasteiger partial charge is 0.497 e. The van der Waals surface area contributed by atoms with Crippen molar-refractivity contribution >= 4 is 18.3 Å². The summed E-state index contributed by atoms with van der Waals surface area (Å²) in [5.74, 6) is 0.406. The molecule has 1 amide bonds. The molecular weight excluding hydrogens is 419 g/mol. The lowest BCUT2D eigenvalue weighted by atomic mass is 9.91. The first-order valence-corrected chi connectivity index (χ1v) is 10.1. The Morgan fingerprint density at radius 3 is 2.74 bits per heavy atom. The van der Waals surface area contributed by atoms with Gasteiger partial charge in [0, 0.05) is 12.5 Å². The summed E-state index contributed by atoms with van der Waals surface area (Å²) in [4.78, 5) is 13.1. The van der Waals surface area contributed by atoms with Gasteiger partial charge in [0.15, 0.2) is 0 Å². The molecule has 1 aliphatic rings. The summed E-state index contributed by atoms with van der Waals surface area (Å²) in [5.41, 5.74) is 2.94. The van der Waals surface area contributed by atoms with Gasteiger partial charge < -0.3 is 15.4 Å². The summed E-state index contributed by atoms with van der Waals surface area (Å²) in [6.07, 6.45) is 3.39. The third-order valence-corrected chi connectivity index (χ3v) is 5.42. The summed E-state index contributed by atoms with van der Waals surface area (Å²) in [6.45, 7) is 2.14. The molecule has 0 saturated carbocycles. The van der Waals surface area contributed by atoms with E-state index in [0.717, 1.165) is 42.9 Å². The van der Waals surface area contributed by atoms with Crippen molar-refractivity contribution in [2.45, 2.75) is 25.3 Å². The van der Waals surface area contributed by atoms with E-state index >= 15 is 0 Å². The number of nitrogens with one attached hydrogen (secondary N) is 2. The summed E-state index contributed by atoms with van der Waals surface area (Å²) in [7, 11) is 1.61. The first-order chi connectivity index (χ1) is 14.7. The van der Waals surface area contributed by atoms with Crippen LogP contribution in [0.25, 0.3) is 5.69 Å². The number of aromatic nitrogens is 2. The number of carbonyl (C=O) groups excluding carboxylic acids is 1. The molecule has 8 heteroatoms. The molecular formula is C23H26ClFN4O2. The molecule has 0 unspecified atom stereocenters. The third-order valence-electron chi connectivity index (χ3n) is 5.42. The van der Waals surface area contributed by atoms with Gasteiger partial charge in [0.25, 0.3) is 5.91 Å². The molecule has 0 aliphatic carbocycles. The Bertz CT molecular complexity index is 1030. The van der Waals surface area contributed by atoms with E-state index in [4.69, 9.17) is 4.74 Å². The van der Waals surface area contributed by atoms with Crippen LogP contribution in [-0.4, -0.2) is 35.9 Å². The first kappa shape index (κ1) is 22.8. The molecule has 4 rings (SSSR count). The fourth-order valence-electron chi connectivity index (χ4n) is 3.89. The van der Waals surface area contributed by atoms with Crippen molar-refractivity contribution in [2.75, 3.05) is 20.2 Å². The standard InChI is InChI=1S/C23H25FN4O2.ClH/c1-30-20-7-2-4-16(12-20)14-26-23(29)21-15-27-28(19-6-3-5-18(24)13-19)22(21)17-8-10-25-11-9-17;/h2-7,12-13,15,17,25H,8-11,14H2,1H3,(H,26,29);1H.